The van der Waals surface area contributed by atoms with E-state index in [-0.39, 0.29) is 0 Å². The van der Waals surface area contributed by atoms with E-state index in [9.17, 15) is 0 Å². The van der Waals surface area contributed by atoms with Crippen molar-refractivity contribution in [2.45, 2.75) is 19.9 Å². The van der Waals surface area contributed by atoms with Crippen molar-refractivity contribution in [2.24, 2.45) is 0 Å². The molecule has 66 valence electrons. The molecule has 0 aliphatic rings. The molecule has 0 atom stereocenters. The van der Waals surface area contributed by atoms with Crippen molar-refractivity contribution < 1.29 is 0 Å². The van der Waals surface area contributed by atoms with E-state index in [4.69, 9.17) is 11.6 Å². The first-order valence-electron chi connectivity index (χ1n) is 4.00. The Balaban J connectivity index is 2.84. The summed E-state index contributed by atoms with van der Waals surface area (Å²) in [5.41, 5.74) is 1.10. The molecule has 0 fully saturated rings. The molecule has 0 radical (unpaired) electrons. The molecule has 0 N–H and O–H groups in total. The second-order valence-corrected chi connectivity index (χ2v) is 3.18. The molecule has 0 spiro atoms. The zero-order valence-corrected chi connectivity index (χ0v) is 8.12. The van der Waals surface area contributed by atoms with Crippen LogP contribution in [0.1, 0.15) is 25.6 Å². The first kappa shape index (κ1) is 9.33. The first-order valence-corrected chi connectivity index (χ1v) is 4.53. The lowest BCUT2D eigenvalue weighted by molar-refractivity contribution is 0.595. The van der Waals surface area contributed by atoms with Gasteiger partial charge < -0.3 is 4.57 Å². The van der Waals surface area contributed by atoms with E-state index in [1.807, 2.05) is 24.7 Å². The summed E-state index contributed by atoms with van der Waals surface area (Å²) in [7, 11) is 0. The van der Waals surface area contributed by atoms with Crippen molar-refractivity contribution in [3.8, 4) is 0 Å². The summed E-state index contributed by atoms with van der Waals surface area (Å²) in [5.74, 6) is 0.545. The van der Waals surface area contributed by atoms with Crippen LogP contribution in [0.25, 0.3) is 6.08 Å². The highest BCUT2D eigenvalue weighted by molar-refractivity contribution is 6.19. The van der Waals surface area contributed by atoms with Gasteiger partial charge in [0.05, 0.1) is 18.2 Å². The Hall–Kier alpha value is -0.760. The van der Waals surface area contributed by atoms with Gasteiger partial charge in [-0.3, -0.25) is 0 Å². The Morgan fingerprint density at radius 1 is 1.67 bits per heavy atom. The fraction of sp³-hybridized carbons (Fsp3) is 0.444. The Morgan fingerprint density at radius 3 is 3.00 bits per heavy atom. The van der Waals surface area contributed by atoms with Gasteiger partial charge in [-0.15, -0.1) is 11.6 Å². The van der Waals surface area contributed by atoms with Crippen molar-refractivity contribution in [3.63, 3.8) is 0 Å². The van der Waals surface area contributed by atoms with E-state index >= 15 is 0 Å². The number of nitrogens with zero attached hydrogens (tertiary/aromatic N) is 2. The summed E-state index contributed by atoms with van der Waals surface area (Å²) in [6, 6.07) is 0.447. The molecule has 2 nitrogen and oxygen atoms in total. The van der Waals surface area contributed by atoms with E-state index < -0.39 is 0 Å². The number of allylic oxidation sites excluding steroid dienone is 1. The molecular formula is C9H13ClN2. The van der Waals surface area contributed by atoms with E-state index in [2.05, 4.69) is 23.4 Å². The molecule has 3 heteroatoms. The van der Waals surface area contributed by atoms with Crippen LogP contribution in [0.2, 0.25) is 0 Å². The minimum atomic E-state index is 0.447. The number of aromatic nitrogens is 2. The molecule has 0 saturated carbocycles. The van der Waals surface area contributed by atoms with Crippen LogP contribution in [0, 0.1) is 0 Å². The van der Waals surface area contributed by atoms with Gasteiger partial charge in [0.15, 0.2) is 0 Å². The van der Waals surface area contributed by atoms with Gasteiger partial charge in [0, 0.05) is 11.9 Å². The third kappa shape index (κ3) is 2.11. The molecule has 1 aromatic heterocycles. The number of hydrogen-bond donors (Lipinski definition) is 0. The highest BCUT2D eigenvalue weighted by atomic mass is 35.5. The highest BCUT2D eigenvalue weighted by Crippen LogP contribution is 2.09. The Labute approximate surface area is 77.9 Å². The van der Waals surface area contributed by atoms with Gasteiger partial charge in [-0.05, 0) is 19.9 Å². The average Bonchev–Trinajstić information content (AvgIpc) is 2.48. The molecule has 12 heavy (non-hydrogen) atoms. The summed E-state index contributed by atoms with van der Waals surface area (Å²) in [4.78, 5) is 4.06. The number of alkyl halides is 1. The van der Waals surface area contributed by atoms with Crippen LogP contribution in [0.15, 0.2) is 18.6 Å². The molecular weight excluding hydrogens is 172 g/mol. The maximum atomic E-state index is 5.53. The lowest BCUT2D eigenvalue weighted by Gasteiger charge is -2.08. The molecule has 0 unspecified atom stereocenters. The normalized spacial score (nSPS) is 11.7. The topological polar surface area (TPSA) is 17.8 Å². The van der Waals surface area contributed by atoms with Gasteiger partial charge in [-0.1, -0.05) is 6.08 Å². The second-order valence-electron chi connectivity index (χ2n) is 2.88. The maximum absolute atomic E-state index is 5.53. The SMILES string of the molecule is CC(C)n1cncc1C=CCCl. The smallest absolute Gasteiger partial charge is 0.0953 e. The lowest BCUT2D eigenvalue weighted by atomic mass is 10.3. The molecule has 1 heterocycles. The lowest BCUT2D eigenvalue weighted by Crippen LogP contribution is -2.00. The van der Waals surface area contributed by atoms with Gasteiger partial charge in [0.1, 0.15) is 0 Å². The zero-order chi connectivity index (χ0) is 8.97. The van der Waals surface area contributed by atoms with Crippen LogP contribution in [0.3, 0.4) is 0 Å². The molecule has 0 aliphatic heterocycles. The van der Waals surface area contributed by atoms with Crippen molar-refractivity contribution in [3.05, 3.63) is 24.3 Å². The summed E-state index contributed by atoms with van der Waals surface area (Å²) in [5, 5.41) is 0. The number of hydrogen-bond acceptors (Lipinski definition) is 1. The molecule has 1 rings (SSSR count). The number of rotatable bonds is 3. The van der Waals surface area contributed by atoms with E-state index in [0.29, 0.717) is 11.9 Å². The second kappa shape index (κ2) is 4.31. The van der Waals surface area contributed by atoms with Crippen molar-refractivity contribution >= 4 is 17.7 Å². The third-order valence-electron chi connectivity index (χ3n) is 1.63. The summed E-state index contributed by atoms with van der Waals surface area (Å²) in [6.07, 6.45) is 7.57. The van der Waals surface area contributed by atoms with Gasteiger partial charge in [0.2, 0.25) is 0 Å². The molecule has 0 aliphatic carbocycles. The minimum Gasteiger partial charge on any atom is -0.329 e. The molecule has 0 amide bonds. The van der Waals surface area contributed by atoms with E-state index in [0.717, 1.165) is 5.69 Å². The number of imidazole rings is 1. The molecule has 0 aromatic carbocycles. The molecule has 0 bridgehead atoms. The van der Waals surface area contributed by atoms with Crippen molar-refractivity contribution in [1.82, 2.24) is 9.55 Å². The molecule has 0 saturated heterocycles. The summed E-state index contributed by atoms with van der Waals surface area (Å²) >= 11 is 5.53. The quantitative estimate of drug-likeness (QED) is 0.661. The van der Waals surface area contributed by atoms with Gasteiger partial charge in [0.25, 0.3) is 0 Å². The largest absolute Gasteiger partial charge is 0.329 e. The van der Waals surface area contributed by atoms with Crippen molar-refractivity contribution in [2.75, 3.05) is 5.88 Å². The van der Waals surface area contributed by atoms with Crippen LogP contribution < -0.4 is 0 Å². The van der Waals surface area contributed by atoms with Crippen LogP contribution in [0.4, 0.5) is 0 Å². The summed E-state index contributed by atoms with van der Waals surface area (Å²) in [6.45, 7) is 4.25. The van der Waals surface area contributed by atoms with Gasteiger partial charge in [-0.2, -0.15) is 0 Å². The van der Waals surface area contributed by atoms with Crippen LogP contribution in [0.5, 0.6) is 0 Å². The standard InChI is InChI=1S/C9H13ClN2/c1-8(2)12-7-11-6-9(12)4-3-5-10/h3-4,6-8H,5H2,1-2H3. The van der Waals surface area contributed by atoms with Crippen LogP contribution in [-0.2, 0) is 0 Å². The number of halogens is 1. The Morgan fingerprint density at radius 2 is 2.42 bits per heavy atom. The predicted octanol–water partition coefficient (Wildman–Crippen LogP) is 2.72. The maximum Gasteiger partial charge on any atom is 0.0953 e. The zero-order valence-electron chi connectivity index (χ0n) is 7.37. The minimum absolute atomic E-state index is 0.447. The first-order chi connectivity index (χ1) is 5.75. The van der Waals surface area contributed by atoms with Crippen LogP contribution >= 0.6 is 11.6 Å². The third-order valence-corrected chi connectivity index (χ3v) is 1.81. The van der Waals surface area contributed by atoms with Crippen molar-refractivity contribution in [1.29, 1.82) is 0 Å². The Kier molecular flexibility index (Phi) is 3.35. The monoisotopic (exact) mass is 184 g/mol. The van der Waals surface area contributed by atoms with E-state index in [1.54, 1.807) is 0 Å². The van der Waals surface area contributed by atoms with Gasteiger partial charge >= 0.3 is 0 Å². The fourth-order valence-electron chi connectivity index (χ4n) is 1.04. The predicted molar refractivity (Wildman–Crippen MR) is 52.4 cm³/mol. The van der Waals surface area contributed by atoms with Crippen LogP contribution in [-0.4, -0.2) is 15.4 Å². The average molecular weight is 185 g/mol. The fourth-order valence-corrected chi connectivity index (χ4v) is 1.13. The molecule has 1 aromatic rings. The van der Waals surface area contributed by atoms with E-state index in [1.165, 1.54) is 0 Å². The Bertz CT molecular complexity index is 263. The van der Waals surface area contributed by atoms with Gasteiger partial charge in [-0.25, -0.2) is 4.98 Å². The highest BCUT2D eigenvalue weighted by Gasteiger charge is 2.00. The summed E-state index contributed by atoms with van der Waals surface area (Å²) < 4.78 is 2.10.